The summed E-state index contributed by atoms with van der Waals surface area (Å²) in [5.74, 6) is 0.557. The lowest BCUT2D eigenvalue weighted by atomic mass is 10.2. The van der Waals surface area contributed by atoms with Gasteiger partial charge in [0.15, 0.2) is 0 Å². The van der Waals surface area contributed by atoms with E-state index in [0.29, 0.717) is 23.4 Å². The first kappa shape index (κ1) is 14.9. The number of aromatic nitrogens is 1. The molecule has 0 spiro atoms. The van der Waals surface area contributed by atoms with Crippen LogP contribution in [0, 0.1) is 17.0 Å². The van der Waals surface area contributed by atoms with Gasteiger partial charge in [0, 0.05) is 5.56 Å². The van der Waals surface area contributed by atoms with Gasteiger partial charge in [-0.1, -0.05) is 19.1 Å². The second kappa shape index (κ2) is 6.32. The summed E-state index contributed by atoms with van der Waals surface area (Å²) < 4.78 is 5.53. The highest BCUT2D eigenvalue weighted by atomic mass is 16.6. The number of aliphatic hydroxyl groups excluding tert-OH is 1. The Kier molecular flexibility index (Phi) is 4.49. The summed E-state index contributed by atoms with van der Waals surface area (Å²) in [6, 6.07) is 8.17. The van der Waals surface area contributed by atoms with E-state index in [9.17, 15) is 15.2 Å². The third kappa shape index (κ3) is 3.35. The first-order valence-corrected chi connectivity index (χ1v) is 6.58. The standard InChI is InChI=1S/C15H16N2O4/c1-3-13(18)12-8-7-11(9-16-12)21-14-6-4-5-10(2)15(14)17(19)20/h4-9,13,18H,3H2,1-2H3/t13-/m1/s1. The van der Waals surface area contributed by atoms with Crippen molar-refractivity contribution in [3.8, 4) is 11.5 Å². The van der Waals surface area contributed by atoms with Crippen molar-refractivity contribution in [3.05, 3.63) is 57.9 Å². The van der Waals surface area contributed by atoms with Gasteiger partial charge in [-0.3, -0.25) is 15.1 Å². The first-order valence-electron chi connectivity index (χ1n) is 6.58. The Morgan fingerprint density at radius 2 is 2.14 bits per heavy atom. The summed E-state index contributed by atoms with van der Waals surface area (Å²) in [7, 11) is 0. The second-order valence-corrected chi connectivity index (χ2v) is 4.62. The van der Waals surface area contributed by atoms with E-state index < -0.39 is 11.0 Å². The number of aryl methyl sites for hydroxylation is 1. The number of nitrogens with zero attached hydrogens (tertiary/aromatic N) is 2. The van der Waals surface area contributed by atoms with E-state index in [1.54, 1.807) is 37.3 Å². The van der Waals surface area contributed by atoms with Crippen LogP contribution >= 0.6 is 0 Å². The van der Waals surface area contributed by atoms with E-state index in [2.05, 4.69) is 4.98 Å². The van der Waals surface area contributed by atoms with E-state index in [1.165, 1.54) is 6.20 Å². The quantitative estimate of drug-likeness (QED) is 0.672. The summed E-state index contributed by atoms with van der Waals surface area (Å²) in [6.07, 6.45) is 1.39. The molecule has 21 heavy (non-hydrogen) atoms. The molecule has 0 aliphatic heterocycles. The molecular weight excluding hydrogens is 272 g/mol. The van der Waals surface area contributed by atoms with Crippen molar-refractivity contribution in [2.45, 2.75) is 26.4 Å². The smallest absolute Gasteiger partial charge is 0.314 e. The maximum absolute atomic E-state index is 11.1. The predicted molar refractivity (Wildman–Crippen MR) is 77.4 cm³/mol. The molecule has 6 heteroatoms. The van der Waals surface area contributed by atoms with Crippen LogP contribution < -0.4 is 4.74 Å². The zero-order valence-electron chi connectivity index (χ0n) is 11.8. The van der Waals surface area contributed by atoms with Crippen LogP contribution in [-0.4, -0.2) is 15.0 Å². The van der Waals surface area contributed by atoms with Gasteiger partial charge < -0.3 is 9.84 Å². The number of hydrogen-bond donors (Lipinski definition) is 1. The molecule has 0 aliphatic carbocycles. The van der Waals surface area contributed by atoms with E-state index in [1.807, 2.05) is 6.92 Å². The SMILES string of the molecule is CC[C@@H](O)c1ccc(Oc2cccc(C)c2[N+](=O)[O-])cn1. The molecule has 1 aromatic carbocycles. The normalized spacial score (nSPS) is 12.0. The Morgan fingerprint density at radius 1 is 1.38 bits per heavy atom. The second-order valence-electron chi connectivity index (χ2n) is 4.62. The molecule has 1 atom stereocenters. The van der Waals surface area contributed by atoms with Gasteiger partial charge >= 0.3 is 5.69 Å². The molecule has 110 valence electrons. The lowest BCUT2D eigenvalue weighted by Gasteiger charge is -2.10. The Hall–Kier alpha value is -2.47. The molecule has 6 nitrogen and oxygen atoms in total. The Balaban J connectivity index is 2.27. The van der Waals surface area contributed by atoms with Crippen LogP contribution in [0.15, 0.2) is 36.5 Å². The molecule has 0 aliphatic rings. The molecule has 1 N–H and O–H groups in total. The van der Waals surface area contributed by atoms with Crippen molar-refractivity contribution in [2.75, 3.05) is 0 Å². The van der Waals surface area contributed by atoms with Crippen molar-refractivity contribution < 1.29 is 14.8 Å². The number of pyridine rings is 1. The Bertz CT molecular complexity index is 641. The topological polar surface area (TPSA) is 85.5 Å². The number of nitro benzene ring substituents is 1. The fourth-order valence-electron chi connectivity index (χ4n) is 1.93. The third-order valence-electron chi connectivity index (χ3n) is 3.10. The maximum Gasteiger partial charge on any atom is 0.314 e. The summed E-state index contributed by atoms with van der Waals surface area (Å²) in [5, 5.41) is 20.8. The average Bonchev–Trinajstić information content (AvgIpc) is 2.47. The number of hydrogen-bond acceptors (Lipinski definition) is 5. The van der Waals surface area contributed by atoms with Gasteiger partial charge in [0.25, 0.3) is 0 Å². The molecule has 2 aromatic rings. The van der Waals surface area contributed by atoms with Gasteiger partial charge in [0.1, 0.15) is 5.75 Å². The van der Waals surface area contributed by atoms with Gasteiger partial charge in [-0.05, 0) is 31.5 Å². The Labute approximate surface area is 122 Å². The summed E-state index contributed by atoms with van der Waals surface area (Å²) in [5.41, 5.74) is 1.02. The number of rotatable bonds is 5. The molecule has 0 saturated heterocycles. The summed E-state index contributed by atoms with van der Waals surface area (Å²) in [4.78, 5) is 14.7. The van der Waals surface area contributed by atoms with Crippen LogP contribution in [0.3, 0.4) is 0 Å². The van der Waals surface area contributed by atoms with Crippen LogP contribution in [0.1, 0.15) is 30.7 Å². The van der Waals surface area contributed by atoms with Crippen LogP contribution in [0.4, 0.5) is 5.69 Å². The maximum atomic E-state index is 11.1. The van der Waals surface area contributed by atoms with Crippen molar-refractivity contribution >= 4 is 5.69 Å². The average molecular weight is 288 g/mol. The minimum atomic E-state index is -0.618. The minimum absolute atomic E-state index is 0.0600. The van der Waals surface area contributed by atoms with Crippen LogP contribution in [0.2, 0.25) is 0 Å². The van der Waals surface area contributed by atoms with Gasteiger partial charge in [-0.25, -0.2) is 0 Å². The van der Waals surface area contributed by atoms with Crippen LogP contribution in [-0.2, 0) is 0 Å². The first-order chi connectivity index (χ1) is 10.0. The van der Waals surface area contributed by atoms with E-state index in [4.69, 9.17) is 4.74 Å². The lowest BCUT2D eigenvalue weighted by molar-refractivity contribution is -0.386. The van der Waals surface area contributed by atoms with E-state index in [0.717, 1.165) is 0 Å². The minimum Gasteiger partial charge on any atom is -0.448 e. The Morgan fingerprint density at radius 3 is 2.71 bits per heavy atom. The molecule has 0 unspecified atom stereocenters. The number of para-hydroxylation sites is 1. The fourth-order valence-corrected chi connectivity index (χ4v) is 1.93. The van der Waals surface area contributed by atoms with Gasteiger partial charge in [-0.15, -0.1) is 0 Å². The fraction of sp³-hybridized carbons (Fsp3) is 0.267. The van der Waals surface area contributed by atoms with Crippen molar-refractivity contribution in [3.63, 3.8) is 0 Å². The summed E-state index contributed by atoms with van der Waals surface area (Å²) in [6.45, 7) is 3.51. The molecule has 0 amide bonds. The number of nitro groups is 1. The molecule has 1 aromatic heterocycles. The van der Waals surface area contributed by atoms with Gasteiger partial charge in [-0.2, -0.15) is 0 Å². The largest absolute Gasteiger partial charge is 0.448 e. The third-order valence-corrected chi connectivity index (χ3v) is 3.10. The van der Waals surface area contributed by atoms with Crippen molar-refractivity contribution in [1.82, 2.24) is 4.98 Å². The highest BCUT2D eigenvalue weighted by Gasteiger charge is 2.19. The monoisotopic (exact) mass is 288 g/mol. The zero-order valence-corrected chi connectivity index (χ0v) is 11.8. The summed E-state index contributed by atoms with van der Waals surface area (Å²) >= 11 is 0. The highest BCUT2D eigenvalue weighted by molar-refractivity contribution is 5.53. The van der Waals surface area contributed by atoms with Crippen molar-refractivity contribution in [2.24, 2.45) is 0 Å². The van der Waals surface area contributed by atoms with E-state index in [-0.39, 0.29) is 11.4 Å². The lowest BCUT2D eigenvalue weighted by Crippen LogP contribution is -1.99. The zero-order chi connectivity index (χ0) is 15.4. The number of ether oxygens (including phenoxy) is 1. The van der Waals surface area contributed by atoms with Gasteiger partial charge in [0.2, 0.25) is 5.75 Å². The van der Waals surface area contributed by atoms with Gasteiger partial charge in [0.05, 0.1) is 22.9 Å². The molecular formula is C15H16N2O4. The van der Waals surface area contributed by atoms with Crippen LogP contribution in [0.25, 0.3) is 0 Å². The number of aliphatic hydroxyl groups is 1. The number of benzene rings is 1. The molecule has 0 fully saturated rings. The van der Waals surface area contributed by atoms with Crippen LogP contribution in [0.5, 0.6) is 11.5 Å². The molecule has 0 bridgehead atoms. The molecule has 1 heterocycles. The predicted octanol–water partition coefficient (Wildman–Crippen LogP) is 3.53. The van der Waals surface area contributed by atoms with Crippen molar-refractivity contribution in [1.29, 1.82) is 0 Å². The highest BCUT2D eigenvalue weighted by Crippen LogP contribution is 2.33. The van der Waals surface area contributed by atoms with E-state index >= 15 is 0 Å². The molecule has 0 radical (unpaired) electrons. The molecule has 0 saturated carbocycles. The molecule has 2 rings (SSSR count).